The molecule has 0 saturated heterocycles. The molecule has 0 radical (unpaired) electrons. The van der Waals surface area contributed by atoms with Gasteiger partial charge in [0.25, 0.3) is 0 Å². The normalized spacial score (nSPS) is 14.7. The second-order valence-corrected chi connectivity index (χ2v) is 8.37. The predicted octanol–water partition coefficient (Wildman–Crippen LogP) is 7.56. The minimum atomic E-state index is 0.611. The van der Waals surface area contributed by atoms with Crippen LogP contribution in [0.5, 0.6) is 0 Å². The van der Waals surface area contributed by atoms with Crippen LogP contribution in [0, 0.1) is 6.92 Å². The third-order valence-electron chi connectivity index (χ3n) is 6.44. The van der Waals surface area contributed by atoms with Gasteiger partial charge in [0.15, 0.2) is 0 Å². The summed E-state index contributed by atoms with van der Waals surface area (Å²) in [6.45, 7) is 2.24. The van der Waals surface area contributed by atoms with Gasteiger partial charge in [-0.3, -0.25) is 0 Å². The zero-order valence-corrected chi connectivity index (χ0v) is 17.6. The van der Waals surface area contributed by atoms with Crippen LogP contribution >= 0.6 is 0 Å². The lowest BCUT2D eigenvalue weighted by Gasteiger charge is -2.23. The smallest absolute Gasteiger partial charge is 0.0965 e. The first kappa shape index (κ1) is 18.9. The second-order valence-electron chi connectivity index (χ2n) is 8.37. The Labute approximate surface area is 179 Å². The van der Waals surface area contributed by atoms with Gasteiger partial charge in [-0.1, -0.05) is 92.1 Å². The average Bonchev–Trinajstić information content (AvgIpc) is 3.18. The number of benzene rings is 3. The molecule has 30 heavy (non-hydrogen) atoms. The van der Waals surface area contributed by atoms with Crippen molar-refractivity contribution in [2.24, 2.45) is 0 Å². The molecule has 1 aliphatic rings. The van der Waals surface area contributed by atoms with Crippen molar-refractivity contribution < 1.29 is 0 Å². The van der Waals surface area contributed by atoms with Crippen molar-refractivity contribution in [1.29, 1.82) is 0 Å². The number of nitrogens with zero attached hydrogens (tertiary/aromatic N) is 2. The van der Waals surface area contributed by atoms with Crippen LogP contribution < -0.4 is 0 Å². The van der Waals surface area contributed by atoms with Gasteiger partial charge in [-0.25, -0.2) is 4.68 Å². The largest absolute Gasteiger partial charge is 0.237 e. The van der Waals surface area contributed by atoms with Gasteiger partial charge in [0.1, 0.15) is 0 Å². The molecule has 0 N–H and O–H groups in total. The Morgan fingerprint density at radius 1 is 0.667 bits per heavy atom. The molecule has 150 valence electrons. The van der Waals surface area contributed by atoms with Crippen LogP contribution in [0.25, 0.3) is 28.1 Å². The second kappa shape index (κ2) is 8.31. The minimum Gasteiger partial charge on any atom is -0.237 e. The van der Waals surface area contributed by atoms with Crippen molar-refractivity contribution >= 4 is 0 Å². The standard InChI is InChI=1S/C28H28N2/c1-21-27(24-13-7-3-8-14-24)28(29-30(21)26-15-9-4-10-16-26)25-19-17-23(18-20-25)22-11-5-2-6-12-22/h2,4-6,9-12,15-20,24H,3,7-8,13-14H2,1H3. The number of aromatic nitrogens is 2. The lowest BCUT2D eigenvalue weighted by atomic mass is 9.82. The van der Waals surface area contributed by atoms with Gasteiger partial charge in [-0.15, -0.1) is 0 Å². The Morgan fingerprint density at radius 2 is 1.23 bits per heavy atom. The maximum Gasteiger partial charge on any atom is 0.0965 e. The summed E-state index contributed by atoms with van der Waals surface area (Å²) in [6.07, 6.45) is 6.57. The van der Waals surface area contributed by atoms with Crippen LogP contribution in [0.15, 0.2) is 84.9 Å². The molecule has 0 spiro atoms. The van der Waals surface area contributed by atoms with Crippen molar-refractivity contribution in [2.45, 2.75) is 44.9 Å². The van der Waals surface area contributed by atoms with Crippen molar-refractivity contribution in [3.05, 3.63) is 96.2 Å². The molecule has 3 aromatic carbocycles. The van der Waals surface area contributed by atoms with E-state index in [1.807, 2.05) is 0 Å². The summed E-state index contributed by atoms with van der Waals surface area (Å²) < 4.78 is 2.14. The van der Waals surface area contributed by atoms with E-state index >= 15 is 0 Å². The summed E-state index contributed by atoms with van der Waals surface area (Å²) in [6, 6.07) is 30.0. The van der Waals surface area contributed by atoms with E-state index in [-0.39, 0.29) is 0 Å². The molecule has 5 rings (SSSR count). The van der Waals surface area contributed by atoms with Crippen LogP contribution in [0.1, 0.15) is 49.3 Å². The Kier molecular flexibility index (Phi) is 5.23. The first-order valence-electron chi connectivity index (χ1n) is 11.1. The lowest BCUT2D eigenvalue weighted by Crippen LogP contribution is -2.07. The SMILES string of the molecule is Cc1c(C2CCCCC2)c(-c2ccc(-c3ccccc3)cc2)nn1-c1ccccc1. The molecule has 0 amide bonds. The Bertz CT molecular complexity index is 1100. The van der Waals surface area contributed by atoms with Crippen molar-refractivity contribution in [3.63, 3.8) is 0 Å². The van der Waals surface area contributed by atoms with Crippen LogP contribution in [0.3, 0.4) is 0 Å². The van der Waals surface area contributed by atoms with Crippen molar-refractivity contribution in [2.75, 3.05) is 0 Å². The highest BCUT2D eigenvalue weighted by Gasteiger charge is 2.26. The Hall–Kier alpha value is -3.13. The number of hydrogen-bond acceptors (Lipinski definition) is 1. The van der Waals surface area contributed by atoms with E-state index in [1.165, 1.54) is 60.1 Å². The third kappa shape index (κ3) is 3.59. The maximum atomic E-state index is 5.14. The summed E-state index contributed by atoms with van der Waals surface area (Å²) in [4.78, 5) is 0. The van der Waals surface area contributed by atoms with Gasteiger partial charge in [0, 0.05) is 16.8 Å². The van der Waals surface area contributed by atoms with Gasteiger partial charge >= 0.3 is 0 Å². The molecule has 2 heteroatoms. The lowest BCUT2D eigenvalue weighted by molar-refractivity contribution is 0.443. The summed E-state index contributed by atoms with van der Waals surface area (Å²) in [5, 5.41) is 5.14. The van der Waals surface area contributed by atoms with E-state index in [4.69, 9.17) is 5.10 Å². The van der Waals surface area contributed by atoms with Gasteiger partial charge in [0.05, 0.1) is 11.4 Å². The average molecular weight is 393 g/mol. The summed E-state index contributed by atoms with van der Waals surface area (Å²) in [5.74, 6) is 0.611. The highest BCUT2D eigenvalue weighted by molar-refractivity contribution is 5.71. The molecule has 1 saturated carbocycles. The van der Waals surface area contributed by atoms with Crippen LogP contribution in [-0.2, 0) is 0 Å². The Morgan fingerprint density at radius 3 is 1.90 bits per heavy atom. The fraction of sp³-hybridized carbons (Fsp3) is 0.250. The summed E-state index contributed by atoms with van der Waals surface area (Å²) >= 11 is 0. The molecular weight excluding hydrogens is 364 g/mol. The first-order chi connectivity index (χ1) is 14.8. The molecule has 0 aliphatic heterocycles. The topological polar surface area (TPSA) is 17.8 Å². The highest BCUT2D eigenvalue weighted by Crippen LogP contribution is 2.40. The number of para-hydroxylation sites is 1. The Balaban J connectivity index is 1.59. The molecule has 0 unspecified atom stereocenters. The molecule has 0 bridgehead atoms. The first-order valence-corrected chi connectivity index (χ1v) is 11.1. The van der Waals surface area contributed by atoms with Crippen molar-refractivity contribution in [1.82, 2.24) is 9.78 Å². The molecule has 0 atom stereocenters. The molecule has 2 nitrogen and oxygen atoms in total. The van der Waals surface area contributed by atoms with E-state index in [2.05, 4.69) is 96.5 Å². The zero-order valence-electron chi connectivity index (χ0n) is 17.6. The zero-order chi connectivity index (χ0) is 20.3. The number of hydrogen-bond donors (Lipinski definition) is 0. The molecule has 1 fully saturated rings. The van der Waals surface area contributed by atoms with E-state index in [0.29, 0.717) is 5.92 Å². The minimum absolute atomic E-state index is 0.611. The number of rotatable bonds is 4. The molecule has 1 heterocycles. The molecule has 1 aromatic heterocycles. The van der Waals surface area contributed by atoms with Gasteiger partial charge in [-0.2, -0.15) is 5.10 Å². The van der Waals surface area contributed by atoms with Gasteiger partial charge in [-0.05, 0) is 48.9 Å². The summed E-state index contributed by atoms with van der Waals surface area (Å²) in [7, 11) is 0. The van der Waals surface area contributed by atoms with Gasteiger partial charge in [0.2, 0.25) is 0 Å². The van der Waals surface area contributed by atoms with E-state index < -0.39 is 0 Å². The van der Waals surface area contributed by atoms with E-state index in [0.717, 1.165) is 11.4 Å². The monoisotopic (exact) mass is 392 g/mol. The highest BCUT2D eigenvalue weighted by atomic mass is 15.3. The maximum absolute atomic E-state index is 5.14. The van der Waals surface area contributed by atoms with Crippen molar-refractivity contribution in [3.8, 4) is 28.1 Å². The van der Waals surface area contributed by atoms with E-state index in [9.17, 15) is 0 Å². The fourth-order valence-corrected chi connectivity index (χ4v) is 4.88. The molecular formula is C28H28N2. The third-order valence-corrected chi connectivity index (χ3v) is 6.44. The van der Waals surface area contributed by atoms with Gasteiger partial charge < -0.3 is 0 Å². The molecule has 4 aromatic rings. The van der Waals surface area contributed by atoms with Crippen LogP contribution in [-0.4, -0.2) is 9.78 Å². The quantitative estimate of drug-likeness (QED) is 0.350. The predicted molar refractivity (Wildman–Crippen MR) is 125 cm³/mol. The fourth-order valence-electron chi connectivity index (χ4n) is 4.88. The van der Waals surface area contributed by atoms with Crippen LogP contribution in [0.4, 0.5) is 0 Å². The van der Waals surface area contributed by atoms with E-state index in [1.54, 1.807) is 0 Å². The summed E-state index contributed by atoms with van der Waals surface area (Å²) in [5.41, 5.74) is 8.75. The molecule has 1 aliphatic carbocycles. The van der Waals surface area contributed by atoms with Crippen LogP contribution in [0.2, 0.25) is 0 Å².